The van der Waals surface area contributed by atoms with Gasteiger partial charge in [0.2, 0.25) is 0 Å². The Kier molecular flexibility index (Phi) is 7.49. The third-order valence-corrected chi connectivity index (χ3v) is 4.38. The van der Waals surface area contributed by atoms with E-state index in [1.807, 2.05) is 37.2 Å². The molecule has 2 aromatic rings. The summed E-state index contributed by atoms with van der Waals surface area (Å²) in [5.74, 6) is 1.29. The third-order valence-electron chi connectivity index (χ3n) is 3.27. The first-order valence-electron chi connectivity index (χ1n) is 7.70. The second kappa shape index (κ2) is 9.60. The van der Waals surface area contributed by atoms with Crippen molar-refractivity contribution in [3.63, 3.8) is 0 Å². The lowest BCUT2D eigenvalue weighted by molar-refractivity contribution is 0.0937. The first-order chi connectivity index (χ1) is 12.0. The summed E-state index contributed by atoms with van der Waals surface area (Å²) in [6.07, 6.45) is 0. The zero-order valence-electron chi connectivity index (χ0n) is 14.5. The lowest BCUT2D eigenvalue weighted by Crippen LogP contribution is -2.26. The zero-order valence-corrected chi connectivity index (χ0v) is 16.0. The van der Waals surface area contributed by atoms with Gasteiger partial charge in [-0.3, -0.25) is 4.79 Å². The maximum atomic E-state index is 12.1. The van der Waals surface area contributed by atoms with Crippen molar-refractivity contribution in [3.05, 3.63) is 46.6 Å². The van der Waals surface area contributed by atoms with E-state index in [9.17, 15) is 4.79 Å². The molecule has 1 N–H and O–H groups in total. The minimum absolute atomic E-state index is 0.113. The van der Waals surface area contributed by atoms with Gasteiger partial charge in [-0.15, -0.1) is 0 Å². The van der Waals surface area contributed by atoms with Gasteiger partial charge in [0, 0.05) is 45.1 Å². The van der Waals surface area contributed by atoms with Crippen LogP contribution >= 0.6 is 23.4 Å². The van der Waals surface area contributed by atoms with E-state index >= 15 is 0 Å². The van der Waals surface area contributed by atoms with Gasteiger partial charge in [-0.25, -0.2) is 9.97 Å². The lowest BCUT2D eigenvalue weighted by Gasteiger charge is -2.12. The number of hydrogen-bond donors (Lipinski definition) is 1. The van der Waals surface area contributed by atoms with Gasteiger partial charge in [-0.2, -0.15) is 0 Å². The van der Waals surface area contributed by atoms with Gasteiger partial charge in [-0.05, 0) is 17.7 Å². The summed E-state index contributed by atoms with van der Waals surface area (Å²) in [7, 11) is 5.40. The van der Waals surface area contributed by atoms with Crippen molar-refractivity contribution >= 4 is 35.1 Å². The van der Waals surface area contributed by atoms with Gasteiger partial charge >= 0.3 is 0 Å². The molecule has 0 atom stereocenters. The van der Waals surface area contributed by atoms with Gasteiger partial charge in [0.15, 0.2) is 5.16 Å². The van der Waals surface area contributed by atoms with Gasteiger partial charge in [0.25, 0.3) is 5.91 Å². The Labute approximate surface area is 156 Å². The molecule has 2 rings (SSSR count). The maximum absolute atomic E-state index is 12.1. The van der Waals surface area contributed by atoms with E-state index in [-0.39, 0.29) is 5.91 Å². The fraction of sp³-hybridized carbons (Fsp3) is 0.353. The molecule has 0 saturated carbocycles. The number of amides is 1. The zero-order chi connectivity index (χ0) is 18.2. The maximum Gasteiger partial charge on any atom is 0.251 e. The van der Waals surface area contributed by atoms with Crippen LogP contribution < -0.4 is 10.2 Å². The number of nitrogens with zero attached hydrogens (tertiary/aromatic N) is 3. The van der Waals surface area contributed by atoms with Crippen LogP contribution in [0.25, 0.3) is 0 Å². The monoisotopic (exact) mass is 380 g/mol. The van der Waals surface area contributed by atoms with Crippen molar-refractivity contribution in [2.75, 3.05) is 39.3 Å². The molecular formula is C17H21ClN4O2S. The summed E-state index contributed by atoms with van der Waals surface area (Å²) < 4.78 is 4.93. The molecule has 1 aromatic carbocycles. The first kappa shape index (κ1) is 19.5. The summed E-state index contributed by atoms with van der Waals surface area (Å²) in [6, 6.07) is 9.21. The van der Waals surface area contributed by atoms with Crippen molar-refractivity contribution in [2.45, 2.75) is 10.9 Å². The number of nitrogens with one attached hydrogen (secondary N) is 1. The number of hydrogen-bond acceptors (Lipinski definition) is 6. The fourth-order valence-electron chi connectivity index (χ4n) is 2.00. The molecule has 0 fully saturated rings. The predicted octanol–water partition coefficient (Wildman–Crippen LogP) is 2.86. The van der Waals surface area contributed by atoms with E-state index in [0.717, 1.165) is 11.4 Å². The first-order valence-corrected chi connectivity index (χ1v) is 9.06. The number of rotatable bonds is 8. The Bertz CT molecular complexity index is 728. The van der Waals surface area contributed by atoms with Crippen molar-refractivity contribution < 1.29 is 9.53 Å². The van der Waals surface area contributed by atoms with E-state index in [0.29, 0.717) is 34.8 Å². The van der Waals surface area contributed by atoms with Crippen LogP contribution in [0.4, 0.5) is 5.82 Å². The lowest BCUT2D eigenvalue weighted by atomic mass is 10.1. The minimum atomic E-state index is -0.113. The smallest absolute Gasteiger partial charge is 0.251 e. The number of thioether (sulfide) groups is 1. The quantitative estimate of drug-likeness (QED) is 0.329. The van der Waals surface area contributed by atoms with Gasteiger partial charge in [0.1, 0.15) is 11.0 Å². The van der Waals surface area contributed by atoms with Gasteiger partial charge in [-0.1, -0.05) is 35.5 Å². The SMILES string of the molecule is COCCNC(=O)c1cccc(CSc2nc(Cl)cc(N(C)C)n2)c1. The molecule has 8 heteroatoms. The van der Waals surface area contributed by atoms with Crippen LogP contribution in [0.1, 0.15) is 15.9 Å². The molecule has 0 spiro atoms. The van der Waals surface area contributed by atoms with Crippen LogP contribution in [-0.2, 0) is 10.5 Å². The van der Waals surface area contributed by atoms with E-state index in [4.69, 9.17) is 16.3 Å². The number of ether oxygens (including phenoxy) is 1. The Balaban J connectivity index is 2.02. The van der Waals surface area contributed by atoms with E-state index in [1.165, 1.54) is 11.8 Å². The number of carbonyl (C=O) groups is 1. The summed E-state index contributed by atoms with van der Waals surface area (Å²) in [4.78, 5) is 22.7. The molecular weight excluding hydrogens is 360 g/mol. The number of benzene rings is 1. The van der Waals surface area contributed by atoms with Crippen LogP contribution in [0.5, 0.6) is 0 Å². The summed E-state index contributed by atoms with van der Waals surface area (Å²) in [6.45, 7) is 0.972. The average molecular weight is 381 g/mol. The van der Waals surface area contributed by atoms with E-state index in [1.54, 1.807) is 19.2 Å². The molecule has 0 aliphatic heterocycles. The molecule has 134 valence electrons. The summed E-state index contributed by atoms with van der Waals surface area (Å²) in [5.41, 5.74) is 1.63. The second-order valence-electron chi connectivity index (χ2n) is 5.46. The fourth-order valence-corrected chi connectivity index (χ4v) is 3.02. The van der Waals surface area contributed by atoms with Crippen LogP contribution in [0, 0.1) is 0 Å². The molecule has 0 radical (unpaired) electrons. The molecule has 1 amide bonds. The highest BCUT2D eigenvalue weighted by Crippen LogP contribution is 2.24. The predicted molar refractivity (Wildman–Crippen MR) is 102 cm³/mol. The standard InChI is InChI=1S/C17H21ClN4O2S/c1-22(2)15-10-14(18)20-17(21-15)25-11-12-5-4-6-13(9-12)16(23)19-7-8-24-3/h4-6,9-10H,7-8,11H2,1-3H3,(H,19,23). The van der Waals surface area contributed by atoms with E-state index < -0.39 is 0 Å². The Morgan fingerprint density at radius 2 is 2.12 bits per heavy atom. The molecule has 0 saturated heterocycles. The summed E-state index contributed by atoms with van der Waals surface area (Å²) in [5, 5.41) is 3.82. The van der Waals surface area contributed by atoms with Gasteiger partial charge in [0.05, 0.1) is 6.61 Å². The second-order valence-corrected chi connectivity index (χ2v) is 6.79. The van der Waals surface area contributed by atoms with Crippen LogP contribution in [0.15, 0.2) is 35.5 Å². The Hall–Kier alpha value is -1.83. The van der Waals surface area contributed by atoms with Crippen molar-refractivity contribution in [1.82, 2.24) is 15.3 Å². The number of anilines is 1. The number of carbonyl (C=O) groups excluding carboxylic acids is 1. The molecule has 25 heavy (non-hydrogen) atoms. The highest BCUT2D eigenvalue weighted by atomic mass is 35.5. The largest absolute Gasteiger partial charge is 0.383 e. The highest BCUT2D eigenvalue weighted by molar-refractivity contribution is 7.98. The average Bonchev–Trinajstić information content (AvgIpc) is 2.60. The molecule has 0 aliphatic rings. The molecule has 0 unspecified atom stereocenters. The molecule has 0 bridgehead atoms. The topological polar surface area (TPSA) is 67.3 Å². The number of aromatic nitrogens is 2. The van der Waals surface area contributed by atoms with Crippen LogP contribution in [0.2, 0.25) is 5.15 Å². The normalized spacial score (nSPS) is 10.6. The highest BCUT2D eigenvalue weighted by Gasteiger charge is 2.08. The molecule has 0 aliphatic carbocycles. The Morgan fingerprint density at radius 1 is 1.32 bits per heavy atom. The minimum Gasteiger partial charge on any atom is -0.383 e. The van der Waals surface area contributed by atoms with Crippen molar-refractivity contribution in [1.29, 1.82) is 0 Å². The van der Waals surface area contributed by atoms with E-state index in [2.05, 4.69) is 15.3 Å². The molecule has 1 heterocycles. The van der Waals surface area contributed by atoms with Gasteiger partial charge < -0.3 is 15.0 Å². The van der Waals surface area contributed by atoms with Crippen LogP contribution in [0.3, 0.4) is 0 Å². The number of halogens is 1. The summed E-state index contributed by atoms with van der Waals surface area (Å²) >= 11 is 7.52. The third kappa shape index (κ3) is 6.19. The van der Waals surface area contributed by atoms with Crippen molar-refractivity contribution in [2.24, 2.45) is 0 Å². The Morgan fingerprint density at radius 3 is 2.84 bits per heavy atom. The van der Waals surface area contributed by atoms with Crippen LogP contribution in [-0.4, -0.2) is 50.2 Å². The molecule has 1 aromatic heterocycles. The molecule has 6 nitrogen and oxygen atoms in total. The number of methoxy groups -OCH3 is 1. The van der Waals surface area contributed by atoms with Crippen molar-refractivity contribution in [3.8, 4) is 0 Å².